The quantitative estimate of drug-likeness (QED) is 0.557. The Morgan fingerprint density at radius 1 is 1.48 bits per heavy atom. The molecule has 1 aliphatic rings. The van der Waals surface area contributed by atoms with Gasteiger partial charge in [-0.3, -0.25) is 0 Å². The van der Waals surface area contributed by atoms with Crippen molar-refractivity contribution in [3.8, 4) is 0 Å². The topological polar surface area (TPSA) is 13.1 Å². The van der Waals surface area contributed by atoms with Crippen LogP contribution in [0.2, 0.25) is 0 Å². The first kappa shape index (κ1) is 16.1. The Morgan fingerprint density at radius 3 is 2.95 bits per heavy atom. The van der Waals surface area contributed by atoms with Crippen LogP contribution in [-0.4, -0.2) is 0 Å². The molecule has 0 saturated heterocycles. The highest BCUT2D eigenvalue weighted by atomic mass is 16.3. The van der Waals surface area contributed by atoms with Gasteiger partial charge in [0.25, 0.3) is 0 Å². The fourth-order valence-electron chi connectivity index (χ4n) is 3.66. The maximum Gasteiger partial charge on any atom is 0.0934 e. The van der Waals surface area contributed by atoms with E-state index in [0.717, 1.165) is 12.8 Å². The van der Waals surface area contributed by atoms with Crippen LogP contribution < -0.4 is 0 Å². The van der Waals surface area contributed by atoms with Gasteiger partial charge in [-0.15, -0.1) is 0 Å². The Balaban J connectivity index is 1.79. The Morgan fingerprint density at radius 2 is 2.29 bits per heavy atom. The summed E-state index contributed by atoms with van der Waals surface area (Å²) < 4.78 is 5.10. The first-order chi connectivity index (χ1) is 9.99. The number of hydrogen-bond donors (Lipinski definition) is 0. The fourth-order valence-corrected chi connectivity index (χ4v) is 3.66. The van der Waals surface area contributed by atoms with Crippen molar-refractivity contribution in [2.24, 2.45) is 11.3 Å². The predicted molar refractivity (Wildman–Crippen MR) is 90.3 cm³/mol. The van der Waals surface area contributed by atoms with Gasteiger partial charge in [-0.1, -0.05) is 37.6 Å². The molecule has 116 valence electrons. The summed E-state index contributed by atoms with van der Waals surface area (Å²) in [7, 11) is 0. The van der Waals surface area contributed by atoms with E-state index in [0.29, 0.717) is 11.3 Å². The van der Waals surface area contributed by atoms with Crippen LogP contribution in [0, 0.1) is 11.3 Å². The number of aryl methyl sites for hydroxylation is 1. The molecule has 2 rings (SSSR count). The molecule has 0 spiro atoms. The van der Waals surface area contributed by atoms with Gasteiger partial charge in [0.2, 0.25) is 0 Å². The molecule has 1 heteroatoms. The molecule has 1 saturated carbocycles. The minimum atomic E-state index is 0.437. The van der Waals surface area contributed by atoms with Gasteiger partial charge in [-0.2, -0.15) is 0 Å². The molecular weight excluding hydrogens is 256 g/mol. The lowest BCUT2D eigenvalue weighted by atomic mass is 9.65. The highest BCUT2D eigenvalue weighted by molar-refractivity contribution is 5.12. The molecular formula is C20H30O. The number of rotatable bonds is 6. The van der Waals surface area contributed by atoms with Crippen LogP contribution >= 0.6 is 0 Å². The van der Waals surface area contributed by atoms with Crippen molar-refractivity contribution in [1.29, 1.82) is 0 Å². The molecule has 1 aliphatic carbocycles. The first-order valence-corrected chi connectivity index (χ1v) is 8.33. The molecule has 1 heterocycles. The van der Waals surface area contributed by atoms with Gasteiger partial charge in [-0.05, 0) is 74.8 Å². The summed E-state index contributed by atoms with van der Waals surface area (Å²) >= 11 is 0. The summed E-state index contributed by atoms with van der Waals surface area (Å²) in [5, 5.41) is 0. The van der Waals surface area contributed by atoms with Crippen molar-refractivity contribution in [3.05, 3.63) is 48.0 Å². The van der Waals surface area contributed by atoms with Gasteiger partial charge in [-0.25, -0.2) is 0 Å². The van der Waals surface area contributed by atoms with Crippen molar-refractivity contribution in [3.63, 3.8) is 0 Å². The molecule has 1 aromatic heterocycles. The van der Waals surface area contributed by atoms with Crippen molar-refractivity contribution < 1.29 is 4.42 Å². The molecule has 0 radical (unpaired) electrons. The van der Waals surface area contributed by atoms with Gasteiger partial charge in [0.1, 0.15) is 0 Å². The molecule has 0 amide bonds. The summed E-state index contributed by atoms with van der Waals surface area (Å²) in [6, 6.07) is 2.05. The highest BCUT2D eigenvalue weighted by Crippen LogP contribution is 2.45. The highest BCUT2D eigenvalue weighted by Gasteiger charge is 2.33. The van der Waals surface area contributed by atoms with Crippen LogP contribution in [0.1, 0.15) is 64.9 Å². The molecule has 1 atom stereocenters. The minimum Gasteiger partial charge on any atom is -0.472 e. The maximum absolute atomic E-state index is 5.10. The number of hydrogen-bond acceptors (Lipinski definition) is 1. The zero-order valence-electron chi connectivity index (χ0n) is 14.0. The largest absolute Gasteiger partial charge is 0.472 e. The first-order valence-electron chi connectivity index (χ1n) is 8.33. The van der Waals surface area contributed by atoms with E-state index in [-0.39, 0.29) is 0 Å². The van der Waals surface area contributed by atoms with E-state index < -0.39 is 0 Å². The normalized spacial score (nSPS) is 22.5. The summed E-state index contributed by atoms with van der Waals surface area (Å²) in [5.74, 6) is 0.698. The van der Waals surface area contributed by atoms with Crippen LogP contribution in [0.4, 0.5) is 0 Å². The lowest BCUT2D eigenvalue weighted by Gasteiger charge is -2.40. The zero-order valence-corrected chi connectivity index (χ0v) is 14.0. The van der Waals surface area contributed by atoms with Gasteiger partial charge in [0.15, 0.2) is 0 Å². The van der Waals surface area contributed by atoms with Crippen molar-refractivity contribution in [2.45, 2.75) is 65.7 Å². The second kappa shape index (κ2) is 7.15. The third-order valence-electron chi connectivity index (χ3n) is 5.09. The molecule has 0 unspecified atom stereocenters. The molecule has 21 heavy (non-hydrogen) atoms. The van der Waals surface area contributed by atoms with Crippen LogP contribution in [-0.2, 0) is 6.42 Å². The van der Waals surface area contributed by atoms with Gasteiger partial charge >= 0.3 is 0 Å². The Kier molecular flexibility index (Phi) is 5.50. The predicted octanol–water partition coefficient (Wildman–Crippen LogP) is 6.32. The van der Waals surface area contributed by atoms with Crippen LogP contribution in [0.25, 0.3) is 0 Å². The van der Waals surface area contributed by atoms with Gasteiger partial charge in [0.05, 0.1) is 12.5 Å². The van der Waals surface area contributed by atoms with E-state index in [1.807, 2.05) is 6.26 Å². The summed E-state index contributed by atoms with van der Waals surface area (Å²) in [5.41, 5.74) is 4.73. The van der Waals surface area contributed by atoms with Gasteiger partial charge in [0, 0.05) is 0 Å². The second-order valence-corrected chi connectivity index (χ2v) is 7.31. The SMILES string of the molecule is C=C1CCCC(C)(C)[C@@H]1CCC(C)=CCCc1ccoc1. The smallest absolute Gasteiger partial charge is 0.0934 e. The Hall–Kier alpha value is -1.24. The van der Waals surface area contributed by atoms with E-state index in [4.69, 9.17) is 4.42 Å². The van der Waals surface area contributed by atoms with E-state index in [1.165, 1.54) is 48.8 Å². The average Bonchev–Trinajstić information content (AvgIpc) is 2.90. The third kappa shape index (κ3) is 4.62. The second-order valence-electron chi connectivity index (χ2n) is 7.31. The lowest BCUT2D eigenvalue weighted by Crippen LogP contribution is -2.29. The maximum atomic E-state index is 5.10. The molecule has 0 N–H and O–H groups in total. The van der Waals surface area contributed by atoms with Gasteiger partial charge < -0.3 is 4.42 Å². The van der Waals surface area contributed by atoms with Crippen LogP contribution in [0.5, 0.6) is 0 Å². The monoisotopic (exact) mass is 286 g/mol. The van der Waals surface area contributed by atoms with E-state index >= 15 is 0 Å². The Bertz CT molecular complexity index is 476. The number of furan rings is 1. The van der Waals surface area contributed by atoms with Crippen LogP contribution in [0.3, 0.4) is 0 Å². The standard InChI is InChI=1S/C20H30O/c1-16(7-5-9-18-12-14-21-15-18)10-11-19-17(2)8-6-13-20(19,3)4/h7,12,14-15,19H,2,5-6,8-11,13H2,1,3-4H3/t19-/m1/s1. The zero-order chi connectivity index (χ0) is 15.3. The van der Waals surface area contributed by atoms with Crippen LogP contribution in [0.15, 0.2) is 46.8 Å². The fraction of sp³-hybridized carbons (Fsp3) is 0.600. The number of allylic oxidation sites excluding steroid dienone is 3. The molecule has 0 aliphatic heterocycles. The molecule has 1 nitrogen and oxygen atoms in total. The van der Waals surface area contributed by atoms with Crippen molar-refractivity contribution >= 4 is 0 Å². The third-order valence-corrected chi connectivity index (χ3v) is 5.09. The Labute approximate surface area is 130 Å². The minimum absolute atomic E-state index is 0.437. The van der Waals surface area contributed by atoms with E-state index in [1.54, 1.807) is 6.26 Å². The lowest BCUT2D eigenvalue weighted by molar-refractivity contribution is 0.180. The summed E-state index contributed by atoms with van der Waals surface area (Å²) in [6.07, 6.45) is 14.6. The van der Waals surface area contributed by atoms with Crippen molar-refractivity contribution in [1.82, 2.24) is 0 Å². The van der Waals surface area contributed by atoms with E-state index in [9.17, 15) is 0 Å². The molecule has 0 aromatic carbocycles. The summed E-state index contributed by atoms with van der Waals surface area (Å²) in [6.45, 7) is 11.4. The van der Waals surface area contributed by atoms with E-state index in [2.05, 4.69) is 39.5 Å². The molecule has 1 aromatic rings. The molecule has 0 bridgehead atoms. The summed E-state index contributed by atoms with van der Waals surface area (Å²) in [4.78, 5) is 0. The average molecular weight is 286 g/mol. The molecule has 1 fully saturated rings. The van der Waals surface area contributed by atoms with Crippen molar-refractivity contribution in [2.75, 3.05) is 0 Å².